The van der Waals surface area contributed by atoms with E-state index in [2.05, 4.69) is 0 Å². The van der Waals surface area contributed by atoms with Gasteiger partial charge in [-0.25, -0.2) is 8.78 Å². The van der Waals surface area contributed by atoms with E-state index in [0.29, 0.717) is 18.4 Å². The van der Waals surface area contributed by atoms with Crippen LogP contribution < -0.4 is 10.6 Å². The van der Waals surface area contributed by atoms with E-state index in [9.17, 15) is 13.6 Å². The smallest absolute Gasteiger partial charge is 0.244 e. The molecule has 3 nitrogen and oxygen atoms in total. The third kappa shape index (κ3) is 2.85. The molecular formula is C17H16F2N2O. The summed E-state index contributed by atoms with van der Waals surface area (Å²) in [6.07, 6.45) is 1.26. The average molecular weight is 302 g/mol. The Hall–Kier alpha value is -2.27. The Labute approximate surface area is 127 Å². The number of carbonyl (C=O) groups is 1. The number of para-hydroxylation sites is 1. The minimum absolute atomic E-state index is 0.0955. The summed E-state index contributed by atoms with van der Waals surface area (Å²) in [5, 5.41) is 0. The zero-order valence-corrected chi connectivity index (χ0v) is 11.9. The third-order valence-electron chi connectivity index (χ3n) is 3.85. The van der Waals surface area contributed by atoms with Crippen LogP contribution in [0.5, 0.6) is 0 Å². The molecule has 22 heavy (non-hydrogen) atoms. The molecule has 1 heterocycles. The van der Waals surface area contributed by atoms with Crippen molar-refractivity contribution in [1.29, 1.82) is 0 Å². The molecule has 0 saturated carbocycles. The van der Waals surface area contributed by atoms with Crippen molar-refractivity contribution in [3.8, 4) is 0 Å². The Morgan fingerprint density at radius 1 is 1.14 bits per heavy atom. The molecule has 1 amide bonds. The minimum Gasteiger partial charge on any atom is -0.320 e. The average Bonchev–Trinajstić information content (AvgIpc) is 2.59. The minimum atomic E-state index is -0.658. The normalized spacial score (nSPS) is 18.0. The summed E-state index contributed by atoms with van der Waals surface area (Å²) in [7, 11) is 0. The summed E-state index contributed by atoms with van der Waals surface area (Å²) in [5.74, 6) is -1.54. The summed E-state index contributed by atoms with van der Waals surface area (Å²) in [6, 6.07) is 10.2. The van der Waals surface area contributed by atoms with Gasteiger partial charge in [0.15, 0.2) is 0 Å². The Morgan fingerprint density at radius 3 is 2.55 bits per heavy atom. The summed E-state index contributed by atoms with van der Waals surface area (Å²) in [4.78, 5) is 14.0. The van der Waals surface area contributed by atoms with Crippen LogP contribution in [0.4, 0.5) is 14.5 Å². The van der Waals surface area contributed by atoms with Gasteiger partial charge in [0.2, 0.25) is 5.91 Å². The number of carbonyl (C=O) groups excluding carboxylic acids is 1. The molecule has 0 saturated heterocycles. The molecule has 0 fully saturated rings. The van der Waals surface area contributed by atoms with Gasteiger partial charge in [-0.05, 0) is 42.2 Å². The van der Waals surface area contributed by atoms with E-state index in [1.54, 1.807) is 0 Å². The number of hydrogen-bond donors (Lipinski definition) is 1. The van der Waals surface area contributed by atoms with Gasteiger partial charge in [-0.2, -0.15) is 0 Å². The van der Waals surface area contributed by atoms with Crippen molar-refractivity contribution in [2.24, 2.45) is 5.73 Å². The molecule has 114 valence electrons. The number of anilines is 1. The van der Waals surface area contributed by atoms with Crippen LogP contribution in [-0.4, -0.2) is 11.9 Å². The molecule has 1 unspecified atom stereocenters. The van der Waals surface area contributed by atoms with Crippen LogP contribution in [0.1, 0.15) is 17.5 Å². The third-order valence-corrected chi connectivity index (χ3v) is 3.85. The van der Waals surface area contributed by atoms with Crippen molar-refractivity contribution in [1.82, 2.24) is 0 Å². The number of aryl methyl sites for hydroxylation is 1. The molecule has 2 aromatic carbocycles. The molecule has 1 aliphatic heterocycles. The Kier molecular flexibility index (Phi) is 3.90. The van der Waals surface area contributed by atoms with E-state index in [0.717, 1.165) is 17.3 Å². The van der Waals surface area contributed by atoms with Crippen molar-refractivity contribution >= 4 is 11.6 Å². The van der Waals surface area contributed by atoms with Gasteiger partial charge >= 0.3 is 0 Å². The van der Waals surface area contributed by atoms with Gasteiger partial charge in [0, 0.05) is 11.8 Å². The molecule has 0 radical (unpaired) electrons. The van der Waals surface area contributed by atoms with Crippen molar-refractivity contribution in [2.75, 3.05) is 4.90 Å². The zero-order valence-electron chi connectivity index (χ0n) is 11.9. The van der Waals surface area contributed by atoms with Gasteiger partial charge < -0.3 is 10.6 Å². The Morgan fingerprint density at radius 2 is 1.82 bits per heavy atom. The van der Waals surface area contributed by atoms with Crippen LogP contribution in [-0.2, 0) is 17.8 Å². The van der Waals surface area contributed by atoms with Crippen molar-refractivity contribution in [3.05, 3.63) is 65.2 Å². The number of amides is 1. The lowest BCUT2D eigenvalue weighted by molar-refractivity contribution is -0.120. The van der Waals surface area contributed by atoms with E-state index in [1.165, 1.54) is 17.0 Å². The lowest BCUT2D eigenvalue weighted by atomic mass is 10.1. The summed E-state index contributed by atoms with van der Waals surface area (Å²) >= 11 is 0. The number of fused-ring (bicyclic) bond motifs is 1. The molecule has 3 rings (SSSR count). The number of nitrogens with two attached hydrogens (primary N) is 1. The zero-order chi connectivity index (χ0) is 15.7. The van der Waals surface area contributed by atoms with E-state index in [4.69, 9.17) is 5.73 Å². The fourth-order valence-electron chi connectivity index (χ4n) is 2.79. The maximum Gasteiger partial charge on any atom is 0.244 e. The highest BCUT2D eigenvalue weighted by Crippen LogP contribution is 2.28. The number of halogens is 2. The first-order valence-electron chi connectivity index (χ1n) is 7.14. The van der Waals surface area contributed by atoms with Gasteiger partial charge in [0.1, 0.15) is 11.6 Å². The predicted molar refractivity (Wildman–Crippen MR) is 80.3 cm³/mol. The van der Waals surface area contributed by atoms with E-state index in [-0.39, 0.29) is 12.5 Å². The van der Waals surface area contributed by atoms with E-state index in [1.807, 2.05) is 24.3 Å². The second-order valence-electron chi connectivity index (χ2n) is 5.48. The van der Waals surface area contributed by atoms with Crippen LogP contribution in [0.25, 0.3) is 0 Å². The second kappa shape index (κ2) is 5.85. The number of hydrogen-bond acceptors (Lipinski definition) is 2. The summed E-state index contributed by atoms with van der Waals surface area (Å²) in [5.41, 5.74) is 8.09. The molecule has 0 bridgehead atoms. The highest BCUT2D eigenvalue weighted by Gasteiger charge is 2.27. The SMILES string of the molecule is NC1CCc2ccccc2N(Cc2cc(F)cc(F)c2)C1=O. The second-order valence-corrected chi connectivity index (χ2v) is 5.48. The molecular weight excluding hydrogens is 286 g/mol. The molecule has 0 spiro atoms. The Bertz CT molecular complexity index is 697. The predicted octanol–water partition coefficient (Wildman–Crippen LogP) is 2.77. The quantitative estimate of drug-likeness (QED) is 0.927. The van der Waals surface area contributed by atoms with Crippen molar-refractivity contribution in [2.45, 2.75) is 25.4 Å². The lowest BCUT2D eigenvalue weighted by Gasteiger charge is -2.24. The monoisotopic (exact) mass is 302 g/mol. The fraction of sp³-hybridized carbons (Fsp3) is 0.235. The highest BCUT2D eigenvalue weighted by atomic mass is 19.1. The van der Waals surface area contributed by atoms with Crippen molar-refractivity contribution < 1.29 is 13.6 Å². The van der Waals surface area contributed by atoms with Crippen LogP contribution in [0.15, 0.2) is 42.5 Å². The molecule has 2 aromatic rings. The van der Waals surface area contributed by atoms with Gasteiger partial charge in [-0.3, -0.25) is 4.79 Å². The fourth-order valence-corrected chi connectivity index (χ4v) is 2.79. The van der Waals surface area contributed by atoms with Crippen LogP contribution in [0, 0.1) is 11.6 Å². The van der Waals surface area contributed by atoms with Gasteiger partial charge in [0.25, 0.3) is 0 Å². The molecule has 1 atom stereocenters. The molecule has 0 aromatic heterocycles. The summed E-state index contributed by atoms with van der Waals surface area (Å²) < 4.78 is 26.7. The number of benzene rings is 2. The highest BCUT2D eigenvalue weighted by molar-refractivity contribution is 5.98. The topological polar surface area (TPSA) is 46.3 Å². The first kappa shape index (κ1) is 14.7. The van der Waals surface area contributed by atoms with E-state index >= 15 is 0 Å². The lowest BCUT2D eigenvalue weighted by Crippen LogP contribution is -2.42. The van der Waals surface area contributed by atoms with E-state index < -0.39 is 17.7 Å². The van der Waals surface area contributed by atoms with Crippen LogP contribution in [0.3, 0.4) is 0 Å². The summed E-state index contributed by atoms with van der Waals surface area (Å²) in [6.45, 7) is 0.0955. The maximum absolute atomic E-state index is 13.4. The van der Waals surface area contributed by atoms with Crippen molar-refractivity contribution in [3.63, 3.8) is 0 Å². The molecule has 5 heteroatoms. The van der Waals surface area contributed by atoms with Gasteiger partial charge in [-0.1, -0.05) is 18.2 Å². The number of nitrogens with zero attached hydrogens (tertiary/aromatic N) is 1. The van der Waals surface area contributed by atoms with Gasteiger partial charge in [0.05, 0.1) is 12.6 Å². The Balaban J connectivity index is 2.00. The van der Waals surface area contributed by atoms with Crippen LogP contribution in [0.2, 0.25) is 0 Å². The van der Waals surface area contributed by atoms with Crippen LogP contribution >= 0.6 is 0 Å². The maximum atomic E-state index is 13.4. The first-order valence-corrected chi connectivity index (χ1v) is 7.14. The molecule has 0 aliphatic carbocycles. The largest absolute Gasteiger partial charge is 0.320 e. The number of rotatable bonds is 2. The molecule has 1 aliphatic rings. The first-order chi connectivity index (χ1) is 10.5. The molecule has 2 N–H and O–H groups in total. The van der Waals surface area contributed by atoms with Gasteiger partial charge in [-0.15, -0.1) is 0 Å². The standard InChI is InChI=1S/C17H16F2N2O/c18-13-7-11(8-14(19)9-13)10-21-16-4-2-1-3-12(16)5-6-15(20)17(21)22/h1-4,7-9,15H,5-6,10,20H2.